The molecule has 7 nitrogen and oxygen atoms in total. The number of aromatic nitrogens is 2. The van der Waals surface area contributed by atoms with E-state index in [1.54, 1.807) is 4.90 Å². The minimum Gasteiger partial charge on any atom is -0.487 e. The van der Waals surface area contributed by atoms with Gasteiger partial charge in [0.15, 0.2) is 0 Å². The molecule has 29 heavy (non-hydrogen) atoms. The van der Waals surface area contributed by atoms with E-state index in [1.807, 2.05) is 68.4 Å². The van der Waals surface area contributed by atoms with Crippen molar-refractivity contribution < 1.29 is 14.1 Å². The zero-order valence-corrected chi connectivity index (χ0v) is 16.5. The first-order valence-corrected chi connectivity index (χ1v) is 9.84. The van der Waals surface area contributed by atoms with Gasteiger partial charge < -0.3 is 19.5 Å². The molecule has 2 amide bonds. The first kappa shape index (κ1) is 19.0. The van der Waals surface area contributed by atoms with E-state index in [0.717, 1.165) is 23.3 Å². The summed E-state index contributed by atoms with van der Waals surface area (Å²) in [6, 6.07) is 17.4. The van der Waals surface area contributed by atoms with Gasteiger partial charge in [0.25, 0.3) is 5.89 Å². The minimum absolute atomic E-state index is 0.0108. The van der Waals surface area contributed by atoms with Crippen molar-refractivity contribution in [2.75, 3.05) is 13.1 Å². The van der Waals surface area contributed by atoms with Gasteiger partial charge in [0.2, 0.25) is 5.82 Å². The van der Waals surface area contributed by atoms with Crippen molar-refractivity contribution >= 4 is 6.03 Å². The molecule has 3 aromatic rings. The lowest BCUT2D eigenvalue weighted by molar-refractivity contribution is 0.0436. The van der Waals surface area contributed by atoms with Crippen LogP contribution in [0.3, 0.4) is 0 Å². The summed E-state index contributed by atoms with van der Waals surface area (Å²) in [6.07, 6.45) is 0.926. The normalized spacial score (nSPS) is 14.9. The SMILES string of the molecule is CCC(C)NC(=O)N1CC(Oc2ccc(-c3nc(-c4ccccc4)no3)cc2)C1. The Bertz CT molecular complexity index is 950. The second-order valence-corrected chi connectivity index (χ2v) is 7.22. The predicted molar refractivity (Wildman–Crippen MR) is 109 cm³/mol. The summed E-state index contributed by atoms with van der Waals surface area (Å²) < 4.78 is 11.3. The lowest BCUT2D eigenvalue weighted by Gasteiger charge is -2.39. The maximum atomic E-state index is 12.0. The molecule has 0 spiro atoms. The van der Waals surface area contributed by atoms with E-state index in [4.69, 9.17) is 9.26 Å². The van der Waals surface area contributed by atoms with Crippen LogP contribution < -0.4 is 10.1 Å². The third kappa shape index (κ3) is 4.39. The van der Waals surface area contributed by atoms with Crippen LogP contribution in [0.4, 0.5) is 4.79 Å². The van der Waals surface area contributed by atoms with Crippen LogP contribution in [-0.2, 0) is 0 Å². The molecule has 1 aliphatic heterocycles. The fourth-order valence-corrected chi connectivity index (χ4v) is 3.00. The Labute approximate surface area is 169 Å². The van der Waals surface area contributed by atoms with Gasteiger partial charge >= 0.3 is 6.03 Å². The Morgan fingerprint density at radius 1 is 1.17 bits per heavy atom. The van der Waals surface area contributed by atoms with E-state index in [1.165, 1.54) is 0 Å². The van der Waals surface area contributed by atoms with Crippen LogP contribution in [0, 0.1) is 0 Å². The standard InChI is InChI=1S/C22H24N4O3/c1-3-15(2)23-22(27)26-13-19(14-26)28-18-11-9-17(10-12-18)21-24-20(25-29-21)16-7-5-4-6-8-16/h4-12,15,19H,3,13-14H2,1-2H3,(H,23,27). The van der Waals surface area contributed by atoms with Crippen molar-refractivity contribution in [1.29, 1.82) is 0 Å². The molecule has 4 rings (SSSR count). The molecule has 0 bridgehead atoms. The third-order valence-electron chi connectivity index (χ3n) is 4.98. The summed E-state index contributed by atoms with van der Waals surface area (Å²) in [5.74, 6) is 1.78. The van der Waals surface area contributed by atoms with Crippen LogP contribution in [0.2, 0.25) is 0 Å². The van der Waals surface area contributed by atoms with Gasteiger partial charge in [-0.1, -0.05) is 42.4 Å². The van der Waals surface area contributed by atoms with E-state index < -0.39 is 0 Å². The lowest BCUT2D eigenvalue weighted by atomic mass is 10.1. The third-order valence-corrected chi connectivity index (χ3v) is 4.98. The average molecular weight is 392 g/mol. The van der Waals surface area contributed by atoms with Gasteiger partial charge in [-0.2, -0.15) is 4.98 Å². The first-order chi connectivity index (χ1) is 14.1. The second-order valence-electron chi connectivity index (χ2n) is 7.22. The number of carbonyl (C=O) groups is 1. The summed E-state index contributed by atoms with van der Waals surface area (Å²) in [7, 11) is 0. The van der Waals surface area contributed by atoms with Gasteiger partial charge in [-0.15, -0.1) is 0 Å². The fraction of sp³-hybridized carbons (Fsp3) is 0.318. The molecule has 7 heteroatoms. The Morgan fingerprint density at radius 3 is 2.59 bits per heavy atom. The van der Waals surface area contributed by atoms with Crippen LogP contribution in [-0.4, -0.2) is 46.3 Å². The van der Waals surface area contributed by atoms with Gasteiger partial charge in [0, 0.05) is 17.2 Å². The number of amides is 2. The highest BCUT2D eigenvalue weighted by Gasteiger charge is 2.32. The van der Waals surface area contributed by atoms with Gasteiger partial charge in [-0.05, 0) is 37.6 Å². The van der Waals surface area contributed by atoms with Crippen LogP contribution >= 0.6 is 0 Å². The number of rotatable bonds is 6. The number of nitrogens with zero attached hydrogens (tertiary/aromatic N) is 3. The molecule has 1 unspecified atom stereocenters. The maximum absolute atomic E-state index is 12.0. The van der Waals surface area contributed by atoms with Crippen molar-refractivity contribution in [2.45, 2.75) is 32.4 Å². The highest BCUT2D eigenvalue weighted by molar-refractivity contribution is 5.75. The van der Waals surface area contributed by atoms with Gasteiger partial charge in [-0.3, -0.25) is 0 Å². The Balaban J connectivity index is 1.32. The topological polar surface area (TPSA) is 80.5 Å². The van der Waals surface area contributed by atoms with Crippen LogP contribution in [0.15, 0.2) is 59.1 Å². The molecule has 1 fully saturated rings. The largest absolute Gasteiger partial charge is 0.487 e. The molecule has 0 aliphatic carbocycles. The number of nitrogens with one attached hydrogen (secondary N) is 1. The lowest BCUT2D eigenvalue weighted by Crippen LogP contribution is -2.59. The molecular formula is C22H24N4O3. The van der Waals surface area contributed by atoms with E-state index >= 15 is 0 Å². The summed E-state index contributed by atoms with van der Waals surface area (Å²) in [4.78, 5) is 18.3. The Morgan fingerprint density at radius 2 is 1.90 bits per heavy atom. The quantitative estimate of drug-likeness (QED) is 0.686. The number of ether oxygens (including phenoxy) is 1. The monoisotopic (exact) mass is 392 g/mol. The Hall–Kier alpha value is -3.35. The first-order valence-electron chi connectivity index (χ1n) is 9.84. The van der Waals surface area contributed by atoms with Gasteiger partial charge in [-0.25, -0.2) is 4.79 Å². The molecule has 0 saturated carbocycles. The predicted octanol–water partition coefficient (Wildman–Crippen LogP) is 3.97. The zero-order valence-electron chi connectivity index (χ0n) is 16.5. The molecule has 150 valence electrons. The number of likely N-dealkylation sites (tertiary alicyclic amines) is 1. The molecule has 0 radical (unpaired) electrons. The molecule has 1 aliphatic rings. The van der Waals surface area contributed by atoms with Crippen molar-refractivity contribution in [3.63, 3.8) is 0 Å². The summed E-state index contributed by atoms with van der Waals surface area (Å²) in [6.45, 7) is 5.23. The highest BCUT2D eigenvalue weighted by Crippen LogP contribution is 2.25. The van der Waals surface area contributed by atoms with E-state index in [2.05, 4.69) is 15.5 Å². The highest BCUT2D eigenvalue weighted by atomic mass is 16.5. The van der Waals surface area contributed by atoms with Gasteiger partial charge in [0.05, 0.1) is 13.1 Å². The van der Waals surface area contributed by atoms with E-state index in [0.29, 0.717) is 24.8 Å². The summed E-state index contributed by atoms with van der Waals surface area (Å²) in [5, 5.41) is 7.01. The van der Waals surface area contributed by atoms with Crippen molar-refractivity contribution in [1.82, 2.24) is 20.4 Å². The van der Waals surface area contributed by atoms with Crippen LogP contribution in [0.5, 0.6) is 5.75 Å². The molecule has 1 aromatic heterocycles. The second kappa shape index (κ2) is 8.34. The number of hydrogen-bond donors (Lipinski definition) is 1. The summed E-state index contributed by atoms with van der Waals surface area (Å²) in [5.41, 5.74) is 1.74. The molecule has 1 atom stereocenters. The maximum Gasteiger partial charge on any atom is 0.317 e. The Kier molecular flexibility index (Phi) is 5.46. The molecule has 1 N–H and O–H groups in total. The smallest absolute Gasteiger partial charge is 0.317 e. The van der Waals surface area contributed by atoms with Gasteiger partial charge in [0.1, 0.15) is 11.9 Å². The number of urea groups is 1. The molecule has 2 heterocycles. The van der Waals surface area contributed by atoms with Crippen molar-refractivity contribution in [3.8, 4) is 28.6 Å². The average Bonchev–Trinajstić information content (AvgIpc) is 3.21. The molecule has 2 aromatic carbocycles. The van der Waals surface area contributed by atoms with Crippen molar-refractivity contribution in [2.24, 2.45) is 0 Å². The number of hydrogen-bond acceptors (Lipinski definition) is 5. The summed E-state index contributed by atoms with van der Waals surface area (Å²) >= 11 is 0. The van der Waals surface area contributed by atoms with Crippen LogP contribution in [0.1, 0.15) is 20.3 Å². The van der Waals surface area contributed by atoms with E-state index in [-0.39, 0.29) is 18.2 Å². The fourth-order valence-electron chi connectivity index (χ4n) is 3.00. The number of benzene rings is 2. The zero-order chi connectivity index (χ0) is 20.2. The number of carbonyl (C=O) groups excluding carboxylic acids is 1. The minimum atomic E-state index is -0.0276. The van der Waals surface area contributed by atoms with Crippen LogP contribution in [0.25, 0.3) is 22.8 Å². The van der Waals surface area contributed by atoms with Crippen molar-refractivity contribution in [3.05, 3.63) is 54.6 Å². The molecule has 1 saturated heterocycles. The van der Waals surface area contributed by atoms with E-state index in [9.17, 15) is 4.79 Å². The molecular weight excluding hydrogens is 368 g/mol.